The number of ketones is 1. The second-order valence-corrected chi connectivity index (χ2v) is 5.91. The maximum absolute atomic E-state index is 11.9. The molecule has 7 nitrogen and oxygen atoms in total. The van der Waals surface area contributed by atoms with Crippen LogP contribution in [0.3, 0.4) is 0 Å². The molecular weight excluding hydrogens is 346 g/mol. The molecule has 0 fully saturated rings. The Labute approximate surface area is 159 Å². The van der Waals surface area contributed by atoms with Crippen molar-refractivity contribution in [1.29, 1.82) is 0 Å². The van der Waals surface area contributed by atoms with Crippen LogP contribution in [0, 0.1) is 6.92 Å². The van der Waals surface area contributed by atoms with Gasteiger partial charge in [-0.25, -0.2) is 9.59 Å². The van der Waals surface area contributed by atoms with Gasteiger partial charge in [-0.15, -0.1) is 0 Å². The molecule has 138 valence electrons. The molecule has 2 aromatic rings. The Balaban J connectivity index is 2.88. The van der Waals surface area contributed by atoms with Crippen LogP contribution < -0.4 is 19.9 Å². The van der Waals surface area contributed by atoms with E-state index in [2.05, 4.69) is 10.5 Å². The zero-order valence-corrected chi connectivity index (χ0v) is 15.9. The van der Waals surface area contributed by atoms with Crippen LogP contribution in [0.1, 0.15) is 25.0 Å². The van der Waals surface area contributed by atoms with Gasteiger partial charge in [0.15, 0.2) is 5.78 Å². The van der Waals surface area contributed by atoms with Crippen molar-refractivity contribution in [2.24, 2.45) is 0 Å². The zero-order valence-electron chi connectivity index (χ0n) is 15.9. The largest absolute Gasteiger partial charge is 0.410 e. The van der Waals surface area contributed by atoms with Gasteiger partial charge in [0.2, 0.25) is 16.0 Å². The van der Waals surface area contributed by atoms with Gasteiger partial charge >= 0.3 is 12.2 Å². The summed E-state index contributed by atoms with van der Waals surface area (Å²) in [6.07, 6.45) is 0.357. The van der Waals surface area contributed by atoms with E-state index < -0.39 is 12.2 Å². The van der Waals surface area contributed by atoms with Crippen molar-refractivity contribution in [2.45, 2.75) is 20.8 Å². The highest BCUT2D eigenvalue weighted by Crippen LogP contribution is 2.41. The molecule has 0 aromatic heterocycles. The minimum Gasteiger partial charge on any atom is -0.410 e. The zero-order chi connectivity index (χ0) is 20.1. The van der Waals surface area contributed by atoms with Crippen molar-refractivity contribution in [3.05, 3.63) is 41.0 Å². The van der Waals surface area contributed by atoms with Gasteiger partial charge in [0.25, 0.3) is 0 Å². The van der Waals surface area contributed by atoms with Crippen LogP contribution in [0.5, 0.6) is 11.5 Å². The molecule has 2 rings (SSSR count). The first kappa shape index (κ1) is 20.1. The van der Waals surface area contributed by atoms with E-state index in [-0.39, 0.29) is 11.5 Å². The predicted octanol–water partition coefficient (Wildman–Crippen LogP) is 1.41. The van der Waals surface area contributed by atoms with Crippen LogP contribution in [-0.2, 0) is 4.79 Å². The van der Waals surface area contributed by atoms with E-state index in [4.69, 9.17) is 9.47 Å². The summed E-state index contributed by atoms with van der Waals surface area (Å²) in [6.45, 7) is 4.85. The molecule has 0 aliphatic heterocycles. The minimum atomic E-state index is -0.644. The third kappa shape index (κ3) is 4.31. The van der Waals surface area contributed by atoms with Crippen LogP contribution in [0.4, 0.5) is 9.59 Å². The molecule has 0 atom stereocenters. The number of carbonyl (C=O) groups excluding carboxylic acids is 3. The van der Waals surface area contributed by atoms with Crippen LogP contribution in [0.15, 0.2) is 29.8 Å². The van der Waals surface area contributed by atoms with Crippen molar-refractivity contribution in [3.63, 3.8) is 0 Å². The number of hydrogen-bond donors (Lipinski definition) is 2. The predicted molar refractivity (Wildman–Crippen MR) is 108 cm³/mol. The summed E-state index contributed by atoms with van der Waals surface area (Å²) >= 11 is 0. The van der Waals surface area contributed by atoms with E-state index in [1.54, 1.807) is 44.2 Å². The van der Waals surface area contributed by atoms with Gasteiger partial charge in [0, 0.05) is 21.9 Å². The first-order valence-electron chi connectivity index (χ1n) is 8.33. The number of ether oxygens (including phenoxy) is 2. The number of amides is 2. The third-order valence-corrected chi connectivity index (χ3v) is 4.12. The quantitative estimate of drug-likeness (QED) is 0.631. The van der Waals surface area contributed by atoms with Crippen molar-refractivity contribution in [1.82, 2.24) is 10.5 Å². The summed E-state index contributed by atoms with van der Waals surface area (Å²) in [5.74, 6) is 0.492. The highest BCUT2D eigenvalue weighted by Gasteiger charge is 2.21. The molecule has 0 saturated heterocycles. The lowest BCUT2D eigenvalue weighted by Crippen LogP contribution is -2.25. The lowest BCUT2D eigenvalue weighted by Gasteiger charge is -2.18. The lowest BCUT2D eigenvalue weighted by molar-refractivity contribution is -0.113. The molecule has 9 heteroatoms. The van der Waals surface area contributed by atoms with E-state index in [1.807, 2.05) is 0 Å². The molecular formula is C18H20B2N2O5. The van der Waals surface area contributed by atoms with Crippen LogP contribution in [-0.4, -0.2) is 33.9 Å². The van der Waals surface area contributed by atoms with Gasteiger partial charge in [-0.2, -0.15) is 0 Å². The number of allylic oxidation sites excluding steroid dienone is 1. The number of Topliss-reactive ketones (excluding diaryl/α,β-unsaturated/α-hetero) is 1. The average Bonchev–Trinajstić information content (AvgIpc) is 2.66. The van der Waals surface area contributed by atoms with E-state index >= 15 is 0 Å². The molecule has 27 heavy (non-hydrogen) atoms. The molecule has 2 N–H and O–H groups in total. The molecule has 0 aliphatic carbocycles. The number of rotatable bonds is 4. The number of hydrogen-bond acceptors (Lipinski definition) is 5. The van der Waals surface area contributed by atoms with Crippen LogP contribution in [0.25, 0.3) is 16.8 Å². The van der Waals surface area contributed by atoms with Gasteiger partial charge in [-0.3, -0.25) is 4.79 Å². The SMILES string of the molecule is BNC(=O)Oc1c(C)c(/C=C(\C)C(C)=O)c(OC(=O)NB)c2ccccc12. The highest BCUT2D eigenvalue weighted by atomic mass is 16.6. The number of nitrogens with one attached hydrogen (secondary N) is 2. The molecule has 0 aliphatic rings. The molecule has 0 spiro atoms. The number of carbonyl (C=O) groups is 3. The molecule has 0 unspecified atom stereocenters. The smallest absolute Gasteiger partial charge is 0.399 e. The Morgan fingerprint density at radius 2 is 1.41 bits per heavy atom. The maximum atomic E-state index is 11.9. The minimum absolute atomic E-state index is 0.123. The van der Waals surface area contributed by atoms with E-state index in [0.29, 0.717) is 33.2 Å². The second-order valence-electron chi connectivity index (χ2n) is 5.91. The van der Waals surface area contributed by atoms with Crippen molar-refractivity contribution in [2.75, 3.05) is 0 Å². The number of fused-ring (bicyclic) bond motifs is 1. The monoisotopic (exact) mass is 366 g/mol. The topological polar surface area (TPSA) is 93.7 Å². The first-order chi connectivity index (χ1) is 12.8. The second kappa shape index (κ2) is 8.44. The van der Waals surface area contributed by atoms with Gasteiger partial charge in [0.05, 0.1) is 0 Å². The standard InChI is InChI=1S/C18H20B2N2O5/c1-9(11(3)23)8-14-10(2)15(26-17(24)21-19)12-6-4-5-7-13(12)16(14)27-18(25)22-20/h4-8H,19-20H2,1-3H3,(H,21,24)(H,22,25)/b9-8+. The molecule has 0 heterocycles. The summed E-state index contributed by atoms with van der Waals surface area (Å²) in [5, 5.41) is 6.01. The summed E-state index contributed by atoms with van der Waals surface area (Å²) < 4.78 is 10.9. The van der Waals surface area contributed by atoms with E-state index in [1.165, 1.54) is 22.9 Å². The normalized spacial score (nSPS) is 11.0. The summed E-state index contributed by atoms with van der Waals surface area (Å²) in [6, 6.07) is 7.09. The Kier molecular flexibility index (Phi) is 6.28. The van der Waals surface area contributed by atoms with Crippen molar-refractivity contribution >= 4 is 50.8 Å². The summed E-state index contributed by atoms with van der Waals surface area (Å²) in [7, 11) is 2.92. The summed E-state index contributed by atoms with van der Waals surface area (Å²) in [4.78, 5) is 35.5. The summed E-state index contributed by atoms with van der Waals surface area (Å²) in [5.41, 5.74) is 1.53. The van der Waals surface area contributed by atoms with Gasteiger partial charge in [-0.1, -0.05) is 24.3 Å². The molecule has 2 amide bonds. The average molecular weight is 366 g/mol. The van der Waals surface area contributed by atoms with Gasteiger partial charge < -0.3 is 19.9 Å². The Morgan fingerprint density at radius 3 is 1.89 bits per heavy atom. The molecule has 0 bridgehead atoms. The third-order valence-electron chi connectivity index (χ3n) is 4.12. The number of benzene rings is 2. The fourth-order valence-electron chi connectivity index (χ4n) is 2.54. The molecule has 0 radical (unpaired) electrons. The van der Waals surface area contributed by atoms with Gasteiger partial charge in [-0.05, 0) is 32.4 Å². The van der Waals surface area contributed by atoms with Crippen LogP contribution >= 0.6 is 0 Å². The van der Waals surface area contributed by atoms with E-state index in [9.17, 15) is 14.4 Å². The Morgan fingerprint density at radius 1 is 0.926 bits per heavy atom. The fraction of sp³-hybridized carbons (Fsp3) is 0.167. The van der Waals surface area contributed by atoms with Crippen molar-refractivity contribution < 1.29 is 23.9 Å². The Hall–Kier alpha value is -3.22. The maximum Gasteiger partial charge on any atom is 0.399 e. The first-order valence-corrected chi connectivity index (χ1v) is 8.33. The van der Waals surface area contributed by atoms with Crippen molar-refractivity contribution in [3.8, 4) is 11.5 Å². The lowest BCUT2D eigenvalue weighted by atomic mass is 9.96. The van der Waals surface area contributed by atoms with Crippen LogP contribution in [0.2, 0.25) is 0 Å². The Bertz CT molecular complexity index is 956. The van der Waals surface area contributed by atoms with Gasteiger partial charge in [0.1, 0.15) is 11.5 Å². The molecule has 2 aromatic carbocycles. The highest BCUT2D eigenvalue weighted by molar-refractivity contribution is 6.14. The van der Waals surface area contributed by atoms with E-state index in [0.717, 1.165) is 0 Å². The fourth-order valence-corrected chi connectivity index (χ4v) is 2.54. The molecule has 0 saturated carbocycles.